The van der Waals surface area contributed by atoms with E-state index in [1.807, 2.05) is 62.1 Å². The average molecular weight is 282 g/mol. The van der Waals surface area contributed by atoms with Gasteiger partial charge in [0.2, 0.25) is 0 Å². The molecular formula is C16H18N4O. The summed E-state index contributed by atoms with van der Waals surface area (Å²) in [4.78, 5) is 17.0. The number of aromatic nitrogens is 4. The fraction of sp³-hybridized carbons (Fsp3) is 0.312. The van der Waals surface area contributed by atoms with E-state index in [-0.39, 0.29) is 17.6 Å². The lowest BCUT2D eigenvalue weighted by molar-refractivity contribution is 0.536. The van der Waals surface area contributed by atoms with E-state index in [9.17, 15) is 4.79 Å². The van der Waals surface area contributed by atoms with Gasteiger partial charge in [-0.05, 0) is 39.0 Å². The second kappa shape index (κ2) is 5.16. The summed E-state index contributed by atoms with van der Waals surface area (Å²) in [6, 6.07) is 7.77. The summed E-state index contributed by atoms with van der Waals surface area (Å²) in [7, 11) is 0. The number of rotatable bonds is 3. The monoisotopic (exact) mass is 282 g/mol. The van der Waals surface area contributed by atoms with E-state index < -0.39 is 0 Å². The van der Waals surface area contributed by atoms with Crippen molar-refractivity contribution in [2.24, 2.45) is 0 Å². The fourth-order valence-electron chi connectivity index (χ4n) is 2.38. The molecule has 0 aliphatic carbocycles. The van der Waals surface area contributed by atoms with Gasteiger partial charge in [-0.1, -0.05) is 6.07 Å². The molecule has 0 aliphatic heterocycles. The first-order chi connectivity index (χ1) is 10.1. The molecule has 0 aliphatic rings. The largest absolute Gasteiger partial charge is 0.305 e. The van der Waals surface area contributed by atoms with Crippen molar-refractivity contribution >= 4 is 10.9 Å². The second-order valence-electron chi connectivity index (χ2n) is 5.47. The van der Waals surface area contributed by atoms with E-state index in [4.69, 9.17) is 0 Å². The average Bonchev–Trinajstić information content (AvgIpc) is 2.93. The maximum atomic E-state index is 12.6. The molecule has 0 unspecified atom stereocenters. The highest BCUT2D eigenvalue weighted by Gasteiger charge is 2.14. The van der Waals surface area contributed by atoms with E-state index in [1.165, 1.54) is 0 Å². The van der Waals surface area contributed by atoms with Gasteiger partial charge in [-0.2, -0.15) is 5.10 Å². The van der Waals surface area contributed by atoms with Crippen molar-refractivity contribution in [1.29, 1.82) is 0 Å². The van der Waals surface area contributed by atoms with Crippen LogP contribution in [0.2, 0.25) is 0 Å². The molecule has 5 heteroatoms. The third-order valence-electron chi connectivity index (χ3n) is 3.67. The highest BCUT2D eigenvalue weighted by atomic mass is 16.1. The Bertz CT molecular complexity index is 817. The summed E-state index contributed by atoms with van der Waals surface area (Å²) in [5.74, 6) is 0. The quantitative estimate of drug-likeness (QED) is 0.742. The molecule has 108 valence electrons. The third kappa shape index (κ3) is 2.35. The van der Waals surface area contributed by atoms with Crippen molar-refractivity contribution in [3.8, 4) is 0 Å². The van der Waals surface area contributed by atoms with Gasteiger partial charge in [-0.25, -0.2) is 0 Å². The summed E-state index contributed by atoms with van der Waals surface area (Å²) < 4.78 is 3.50. The van der Waals surface area contributed by atoms with Crippen LogP contribution in [0, 0.1) is 0 Å². The number of pyridine rings is 2. The maximum absolute atomic E-state index is 12.6. The third-order valence-corrected chi connectivity index (χ3v) is 3.67. The molecular weight excluding hydrogens is 264 g/mol. The van der Waals surface area contributed by atoms with Gasteiger partial charge in [0, 0.05) is 30.0 Å². The highest BCUT2D eigenvalue weighted by molar-refractivity contribution is 5.76. The van der Waals surface area contributed by atoms with Gasteiger partial charge in [0.1, 0.15) is 0 Å². The van der Waals surface area contributed by atoms with Crippen LogP contribution in [0.4, 0.5) is 0 Å². The first-order valence-electron chi connectivity index (χ1n) is 7.09. The van der Waals surface area contributed by atoms with Gasteiger partial charge < -0.3 is 4.57 Å². The predicted octanol–water partition coefficient (Wildman–Crippen LogP) is 2.78. The SMILES string of the molecule is CC(C)n1cc2ccn([C@@H](C)c3ccccn3)c(=O)c2n1. The Hall–Kier alpha value is -2.43. The van der Waals surface area contributed by atoms with Gasteiger partial charge in [-0.15, -0.1) is 0 Å². The van der Waals surface area contributed by atoms with Crippen LogP contribution in [0.25, 0.3) is 10.9 Å². The summed E-state index contributed by atoms with van der Waals surface area (Å²) in [6.45, 7) is 6.05. The lowest BCUT2D eigenvalue weighted by Crippen LogP contribution is -2.24. The van der Waals surface area contributed by atoms with Crippen molar-refractivity contribution in [1.82, 2.24) is 19.3 Å². The van der Waals surface area contributed by atoms with E-state index in [0.717, 1.165) is 11.1 Å². The molecule has 0 fully saturated rings. The minimum absolute atomic E-state index is 0.0787. The summed E-state index contributed by atoms with van der Waals surface area (Å²) in [5.41, 5.74) is 1.29. The molecule has 0 saturated heterocycles. The van der Waals surface area contributed by atoms with Crippen LogP contribution >= 0.6 is 0 Å². The normalized spacial score (nSPS) is 13.0. The second-order valence-corrected chi connectivity index (χ2v) is 5.47. The Morgan fingerprint density at radius 2 is 1.95 bits per heavy atom. The van der Waals surface area contributed by atoms with Crippen LogP contribution in [0.5, 0.6) is 0 Å². The first-order valence-corrected chi connectivity index (χ1v) is 7.09. The van der Waals surface area contributed by atoms with E-state index in [1.54, 1.807) is 10.8 Å². The Morgan fingerprint density at radius 3 is 2.62 bits per heavy atom. The minimum Gasteiger partial charge on any atom is -0.305 e. The van der Waals surface area contributed by atoms with E-state index in [2.05, 4.69) is 10.1 Å². The summed E-state index contributed by atoms with van der Waals surface area (Å²) >= 11 is 0. The van der Waals surface area contributed by atoms with Crippen molar-refractivity contribution in [2.75, 3.05) is 0 Å². The van der Waals surface area contributed by atoms with Gasteiger partial charge in [0.15, 0.2) is 5.52 Å². The Morgan fingerprint density at radius 1 is 1.14 bits per heavy atom. The number of hydrogen-bond acceptors (Lipinski definition) is 3. The molecule has 3 aromatic rings. The molecule has 0 aromatic carbocycles. The molecule has 0 N–H and O–H groups in total. The number of hydrogen-bond donors (Lipinski definition) is 0. The predicted molar refractivity (Wildman–Crippen MR) is 82.4 cm³/mol. The zero-order valence-corrected chi connectivity index (χ0v) is 12.4. The van der Waals surface area contributed by atoms with Crippen LogP contribution in [0.3, 0.4) is 0 Å². The zero-order chi connectivity index (χ0) is 15.0. The van der Waals surface area contributed by atoms with Crippen molar-refractivity contribution in [2.45, 2.75) is 32.9 Å². The van der Waals surface area contributed by atoms with E-state index in [0.29, 0.717) is 5.52 Å². The molecule has 3 heterocycles. The summed E-state index contributed by atoms with van der Waals surface area (Å²) in [5, 5.41) is 5.28. The Labute approximate surface area is 122 Å². The maximum Gasteiger partial charge on any atom is 0.279 e. The molecule has 0 saturated carbocycles. The fourth-order valence-corrected chi connectivity index (χ4v) is 2.38. The number of nitrogens with zero attached hydrogens (tertiary/aromatic N) is 4. The molecule has 0 amide bonds. The molecule has 21 heavy (non-hydrogen) atoms. The highest BCUT2D eigenvalue weighted by Crippen LogP contribution is 2.16. The van der Waals surface area contributed by atoms with Crippen LogP contribution in [0.15, 0.2) is 47.7 Å². The van der Waals surface area contributed by atoms with Gasteiger partial charge in [0.25, 0.3) is 5.56 Å². The van der Waals surface area contributed by atoms with Crippen LogP contribution in [0.1, 0.15) is 38.5 Å². The first kappa shape index (κ1) is 13.5. The summed E-state index contributed by atoms with van der Waals surface area (Å²) in [6.07, 6.45) is 5.47. The molecule has 3 aromatic heterocycles. The Balaban J connectivity index is 2.12. The Kier molecular flexibility index (Phi) is 3.33. The topological polar surface area (TPSA) is 52.7 Å². The van der Waals surface area contributed by atoms with Gasteiger partial charge >= 0.3 is 0 Å². The minimum atomic E-state index is -0.118. The van der Waals surface area contributed by atoms with Crippen LogP contribution in [-0.4, -0.2) is 19.3 Å². The molecule has 5 nitrogen and oxygen atoms in total. The molecule has 0 spiro atoms. The van der Waals surface area contributed by atoms with Crippen molar-refractivity contribution in [3.05, 3.63) is 58.9 Å². The van der Waals surface area contributed by atoms with Crippen LogP contribution < -0.4 is 5.56 Å². The molecule has 3 rings (SSSR count). The van der Waals surface area contributed by atoms with Gasteiger partial charge in [-0.3, -0.25) is 14.5 Å². The smallest absolute Gasteiger partial charge is 0.279 e. The van der Waals surface area contributed by atoms with Gasteiger partial charge in [0.05, 0.1) is 11.7 Å². The van der Waals surface area contributed by atoms with Crippen molar-refractivity contribution in [3.63, 3.8) is 0 Å². The molecule has 0 bridgehead atoms. The van der Waals surface area contributed by atoms with Crippen LogP contribution in [-0.2, 0) is 0 Å². The molecule has 0 radical (unpaired) electrons. The lowest BCUT2D eigenvalue weighted by atomic mass is 10.2. The standard InChI is InChI=1S/C16H18N4O/c1-11(2)20-10-13-7-9-19(16(21)15(13)18-20)12(3)14-6-4-5-8-17-14/h4-12H,1-3H3/t12-/m0/s1. The van der Waals surface area contributed by atoms with E-state index >= 15 is 0 Å². The lowest BCUT2D eigenvalue weighted by Gasteiger charge is -2.14. The zero-order valence-electron chi connectivity index (χ0n) is 12.4. The molecule has 1 atom stereocenters. The number of fused-ring (bicyclic) bond motifs is 1. The van der Waals surface area contributed by atoms with Crippen molar-refractivity contribution < 1.29 is 0 Å².